The van der Waals surface area contributed by atoms with Crippen molar-refractivity contribution in [3.63, 3.8) is 0 Å². The Balaban J connectivity index is 1.57. The number of esters is 1. The van der Waals surface area contributed by atoms with E-state index >= 15 is 0 Å². The molecule has 0 saturated heterocycles. The molecule has 3 aromatic rings. The van der Waals surface area contributed by atoms with Crippen molar-refractivity contribution in [1.29, 1.82) is 0 Å². The van der Waals surface area contributed by atoms with E-state index in [0.29, 0.717) is 11.1 Å². The number of carbonyl (C=O) groups excluding carboxylic acids is 2. The number of hydrogen-bond acceptors (Lipinski definition) is 4. The van der Waals surface area contributed by atoms with Gasteiger partial charge in [0, 0.05) is 5.56 Å². The van der Waals surface area contributed by atoms with Crippen molar-refractivity contribution in [2.24, 2.45) is 5.10 Å². The summed E-state index contributed by atoms with van der Waals surface area (Å²) in [5.74, 6) is -1.45. The topological polar surface area (TPSA) is 67.8 Å². The van der Waals surface area contributed by atoms with Crippen LogP contribution in [0.4, 0.5) is 4.39 Å². The number of hydrogen-bond donors (Lipinski definition) is 1. The Bertz CT molecular complexity index is 1010. The summed E-state index contributed by atoms with van der Waals surface area (Å²) in [5, 5.41) is 3.91. The number of benzene rings is 3. The molecule has 0 heterocycles. The van der Waals surface area contributed by atoms with Crippen molar-refractivity contribution in [3.8, 4) is 5.75 Å². The fourth-order valence-corrected chi connectivity index (χ4v) is 2.35. The molecular formula is C22H17FN2O3. The molecule has 0 bridgehead atoms. The molecule has 3 rings (SSSR count). The lowest BCUT2D eigenvalue weighted by Gasteiger charge is -2.05. The third kappa shape index (κ3) is 4.88. The molecule has 0 aromatic heterocycles. The summed E-state index contributed by atoms with van der Waals surface area (Å²) in [6.07, 6.45) is 1.47. The molecule has 1 amide bonds. The van der Waals surface area contributed by atoms with Crippen LogP contribution >= 0.6 is 0 Å². The van der Waals surface area contributed by atoms with Crippen LogP contribution in [0.3, 0.4) is 0 Å². The lowest BCUT2D eigenvalue weighted by atomic mass is 10.1. The van der Waals surface area contributed by atoms with Gasteiger partial charge in [0.25, 0.3) is 5.91 Å². The third-order valence-electron chi connectivity index (χ3n) is 3.88. The van der Waals surface area contributed by atoms with Gasteiger partial charge in [-0.15, -0.1) is 0 Å². The molecule has 0 saturated carbocycles. The number of amides is 1. The van der Waals surface area contributed by atoms with Gasteiger partial charge in [0.05, 0.1) is 11.8 Å². The summed E-state index contributed by atoms with van der Waals surface area (Å²) < 4.78 is 18.8. The maximum absolute atomic E-state index is 13.6. The van der Waals surface area contributed by atoms with Crippen molar-refractivity contribution < 1.29 is 18.7 Å². The van der Waals surface area contributed by atoms with Crippen LogP contribution in [0.15, 0.2) is 77.9 Å². The fraction of sp³-hybridized carbons (Fsp3) is 0.0455. The molecule has 0 aliphatic carbocycles. The van der Waals surface area contributed by atoms with E-state index in [-0.39, 0.29) is 17.2 Å². The van der Waals surface area contributed by atoms with Crippen LogP contribution in [0.25, 0.3) is 0 Å². The minimum absolute atomic E-state index is 0.132. The maximum atomic E-state index is 13.6. The Hall–Kier alpha value is -3.80. The van der Waals surface area contributed by atoms with Crippen LogP contribution in [0.2, 0.25) is 0 Å². The summed E-state index contributed by atoms with van der Waals surface area (Å²) in [6.45, 7) is 1.94. The Morgan fingerprint density at radius 2 is 1.64 bits per heavy atom. The van der Waals surface area contributed by atoms with E-state index in [4.69, 9.17) is 4.74 Å². The van der Waals surface area contributed by atoms with Crippen LogP contribution in [0.5, 0.6) is 5.75 Å². The van der Waals surface area contributed by atoms with E-state index < -0.39 is 11.8 Å². The molecule has 0 aliphatic heterocycles. The Labute approximate surface area is 161 Å². The van der Waals surface area contributed by atoms with Crippen LogP contribution in [-0.2, 0) is 0 Å². The van der Waals surface area contributed by atoms with Gasteiger partial charge in [-0.1, -0.05) is 29.8 Å². The van der Waals surface area contributed by atoms with Gasteiger partial charge in [-0.2, -0.15) is 5.10 Å². The second-order valence-electron chi connectivity index (χ2n) is 6.00. The average Bonchev–Trinajstić information content (AvgIpc) is 2.70. The standard InChI is InChI=1S/C22H17FN2O3/c1-15-6-10-17(11-7-15)21(26)25-24-14-16-8-12-18(13-9-16)28-22(27)19-4-2-3-5-20(19)23/h2-14H,1H3,(H,25,26)/b24-14+. The van der Waals surface area contributed by atoms with Gasteiger partial charge in [-0.3, -0.25) is 4.79 Å². The first-order chi connectivity index (χ1) is 13.5. The highest BCUT2D eigenvalue weighted by Crippen LogP contribution is 2.15. The van der Waals surface area contributed by atoms with Crippen LogP contribution in [-0.4, -0.2) is 18.1 Å². The molecule has 0 unspecified atom stereocenters. The highest BCUT2D eigenvalue weighted by Gasteiger charge is 2.13. The molecule has 5 nitrogen and oxygen atoms in total. The Morgan fingerprint density at radius 3 is 2.32 bits per heavy atom. The zero-order chi connectivity index (χ0) is 19.9. The van der Waals surface area contributed by atoms with Gasteiger partial charge in [-0.05, 0) is 61.0 Å². The van der Waals surface area contributed by atoms with Crippen LogP contribution < -0.4 is 10.2 Å². The SMILES string of the molecule is Cc1ccc(C(=O)N/N=C/c2ccc(OC(=O)c3ccccc3F)cc2)cc1. The molecule has 3 aromatic carbocycles. The first-order valence-corrected chi connectivity index (χ1v) is 8.50. The minimum atomic E-state index is -0.773. The van der Waals surface area contributed by atoms with E-state index in [1.165, 1.54) is 24.4 Å². The summed E-state index contributed by atoms with van der Waals surface area (Å²) in [7, 11) is 0. The Morgan fingerprint density at radius 1 is 0.964 bits per heavy atom. The van der Waals surface area contributed by atoms with Crippen molar-refractivity contribution in [1.82, 2.24) is 5.43 Å². The van der Waals surface area contributed by atoms with Crippen LogP contribution in [0.1, 0.15) is 31.8 Å². The van der Waals surface area contributed by atoms with Crippen molar-refractivity contribution in [2.75, 3.05) is 0 Å². The van der Waals surface area contributed by atoms with Crippen molar-refractivity contribution in [2.45, 2.75) is 6.92 Å². The van der Waals surface area contributed by atoms with E-state index in [9.17, 15) is 14.0 Å². The van der Waals surface area contributed by atoms with Gasteiger partial charge in [0.2, 0.25) is 0 Å². The van der Waals surface area contributed by atoms with Gasteiger partial charge in [-0.25, -0.2) is 14.6 Å². The molecular weight excluding hydrogens is 359 g/mol. The summed E-state index contributed by atoms with van der Waals surface area (Å²) in [6, 6.07) is 19.2. The molecule has 0 radical (unpaired) electrons. The largest absolute Gasteiger partial charge is 0.423 e. The normalized spacial score (nSPS) is 10.6. The monoisotopic (exact) mass is 376 g/mol. The Kier molecular flexibility index (Phi) is 5.91. The van der Waals surface area contributed by atoms with Gasteiger partial charge in [0.15, 0.2) is 0 Å². The third-order valence-corrected chi connectivity index (χ3v) is 3.88. The van der Waals surface area contributed by atoms with Crippen LogP contribution in [0, 0.1) is 12.7 Å². The smallest absolute Gasteiger partial charge is 0.346 e. The molecule has 28 heavy (non-hydrogen) atoms. The highest BCUT2D eigenvalue weighted by molar-refractivity contribution is 5.95. The molecule has 0 aliphatic rings. The molecule has 6 heteroatoms. The number of nitrogens with one attached hydrogen (secondary N) is 1. The molecule has 140 valence electrons. The number of aryl methyl sites for hydroxylation is 1. The summed E-state index contributed by atoms with van der Waals surface area (Å²) in [4.78, 5) is 24.0. The first kappa shape index (κ1) is 19.0. The van der Waals surface area contributed by atoms with Crippen molar-refractivity contribution >= 4 is 18.1 Å². The number of ether oxygens (including phenoxy) is 1. The van der Waals surface area contributed by atoms with E-state index in [2.05, 4.69) is 10.5 Å². The fourth-order valence-electron chi connectivity index (χ4n) is 2.35. The summed E-state index contributed by atoms with van der Waals surface area (Å²) >= 11 is 0. The lowest BCUT2D eigenvalue weighted by Crippen LogP contribution is -2.17. The van der Waals surface area contributed by atoms with Gasteiger partial charge >= 0.3 is 5.97 Å². The number of carbonyl (C=O) groups is 2. The van der Waals surface area contributed by atoms with E-state index in [1.807, 2.05) is 19.1 Å². The van der Waals surface area contributed by atoms with Gasteiger partial charge < -0.3 is 4.74 Å². The molecule has 1 N–H and O–H groups in total. The molecule has 0 atom stereocenters. The maximum Gasteiger partial charge on any atom is 0.346 e. The number of nitrogens with zero attached hydrogens (tertiary/aromatic N) is 1. The number of hydrazone groups is 1. The number of rotatable bonds is 5. The quantitative estimate of drug-likeness (QED) is 0.315. The summed E-state index contributed by atoms with van der Waals surface area (Å²) in [5.41, 5.74) is 4.58. The zero-order valence-corrected chi connectivity index (χ0v) is 15.1. The van der Waals surface area contributed by atoms with E-state index in [0.717, 1.165) is 5.56 Å². The highest BCUT2D eigenvalue weighted by atomic mass is 19.1. The zero-order valence-electron chi connectivity index (χ0n) is 15.1. The lowest BCUT2D eigenvalue weighted by molar-refractivity contribution is 0.0729. The number of halogens is 1. The van der Waals surface area contributed by atoms with E-state index in [1.54, 1.807) is 42.5 Å². The predicted octanol–water partition coefficient (Wildman–Crippen LogP) is 4.12. The average molecular weight is 376 g/mol. The second-order valence-corrected chi connectivity index (χ2v) is 6.00. The van der Waals surface area contributed by atoms with Crippen molar-refractivity contribution in [3.05, 3.63) is 101 Å². The molecule has 0 spiro atoms. The first-order valence-electron chi connectivity index (χ1n) is 8.50. The van der Waals surface area contributed by atoms with Gasteiger partial charge in [0.1, 0.15) is 11.6 Å². The molecule has 0 fully saturated rings. The minimum Gasteiger partial charge on any atom is -0.423 e. The second kappa shape index (κ2) is 8.73. The predicted molar refractivity (Wildman–Crippen MR) is 104 cm³/mol.